The summed E-state index contributed by atoms with van der Waals surface area (Å²) in [6.45, 7) is 15.1. The summed E-state index contributed by atoms with van der Waals surface area (Å²) in [6, 6.07) is 5.51. The van der Waals surface area contributed by atoms with Gasteiger partial charge in [0, 0.05) is 23.5 Å². The molecule has 0 fully saturated rings. The van der Waals surface area contributed by atoms with Crippen LogP contribution >= 0.6 is 0 Å². The second-order valence-corrected chi connectivity index (χ2v) is 11.1. The summed E-state index contributed by atoms with van der Waals surface area (Å²) in [5.41, 5.74) is 0.0400. The van der Waals surface area contributed by atoms with Gasteiger partial charge < -0.3 is 20.8 Å². The first-order valence-corrected chi connectivity index (χ1v) is 12.1. The van der Waals surface area contributed by atoms with Crippen LogP contribution in [-0.4, -0.2) is 65.5 Å². The van der Waals surface area contributed by atoms with E-state index in [0.29, 0.717) is 0 Å². The van der Waals surface area contributed by atoms with Crippen LogP contribution in [0.3, 0.4) is 0 Å². The number of likely N-dealkylation sites (N-methyl/N-ethyl adjacent to an activating group) is 2. The van der Waals surface area contributed by atoms with E-state index in [1.54, 1.807) is 37.4 Å². The lowest BCUT2D eigenvalue weighted by Crippen LogP contribution is -2.59. The first kappa shape index (κ1) is 31.3. The molecule has 0 aliphatic heterocycles. The molecule has 1 amide bonds. The van der Waals surface area contributed by atoms with Crippen molar-refractivity contribution in [2.45, 2.75) is 79.1 Å². The van der Waals surface area contributed by atoms with Crippen molar-refractivity contribution in [1.82, 2.24) is 15.7 Å². The van der Waals surface area contributed by atoms with Gasteiger partial charge in [0.15, 0.2) is 6.23 Å². The molecule has 9 heteroatoms. The molecule has 0 heterocycles. The molecule has 1 aromatic rings. The lowest BCUT2D eigenvalue weighted by atomic mass is 9.77. The molecule has 36 heavy (non-hydrogen) atoms. The topological polar surface area (TPSA) is 128 Å². The fourth-order valence-electron chi connectivity index (χ4n) is 3.92. The molecular formula is C27H43N3O6. The molecular weight excluding hydrogens is 462 g/mol. The van der Waals surface area contributed by atoms with Crippen molar-refractivity contribution in [3.63, 3.8) is 0 Å². The van der Waals surface area contributed by atoms with Crippen molar-refractivity contribution in [2.24, 2.45) is 11.3 Å². The standard InChI is InChI=1S/C27H43N3O6/c1-16(2)20(15-17(3)23(32)33)30(10)36-25(26(4,5)6)29-22(31)21(28-9)27(7,8)19-13-11-18(12-14-19)24(34)35/h11-16,20-21,25,28H,1-10H3,(H,29,31)(H,32,33)(H,34,35)/b17-15+. The third-order valence-corrected chi connectivity index (χ3v) is 6.34. The molecule has 202 valence electrons. The van der Waals surface area contributed by atoms with Gasteiger partial charge in [-0.25, -0.2) is 9.59 Å². The Morgan fingerprint density at radius 1 is 1.03 bits per heavy atom. The normalized spacial score (nSPS) is 15.5. The molecule has 0 radical (unpaired) electrons. The van der Waals surface area contributed by atoms with Crippen LogP contribution in [0, 0.1) is 11.3 Å². The monoisotopic (exact) mass is 505 g/mol. The molecule has 4 N–H and O–H groups in total. The van der Waals surface area contributed by atoms with Crippen LogP contribution in [0.15, 0.2) is 35.9 Å². The van der Waals surface area contributed by atoms with E-state index < -0.39 is 35.0 Å². The fourth-order valence-corrected chi connectivity index (χ4v) is 3.92. The molecule has 0 bridgehead atoms. The SMILES string of the molecule is CNC(C(=O)NC(ON(C)C(/C=C(\C)C(=O)O)C(C)C)C(C)(C)C)C(C)(C)c1ccc(C(=O)O)cc1. The van der Waals surface area contributed by atoms with E-state index >= 15 is 0 Å². The van der Waals surface area contributed by atoms with E-state index in [0.717, 1.165) is 5.56 Å². The Balaban J connectivity index is 3.20. The molecule has 3 unspecified atom stereocenters. The van der Waals surface area contributed by atoms with Crippen molar-refractivity contribution < 1.29 is 29.4 Å². The summed E-state index contributed by atoms with van der Waals surface area (Å²) in [5, 5.41) is 26.2. The zero-order valence-corrected chi connectivity index (χ0v) is 23.2. The summed E-state index contributed by atoms with van der Waals surface area (Å²) >= 11 is 0. The number of carboxylic acid groups (broad SMARTS) is 2. The fraction of sp³-hybridized carbons (Fsp3) is 0.593. The number of rotatable bonds is 12. The lowest BCUT2D eigenvalue weighted by molar-refractivity contribution is -0.237. The Bertz CT molecular complexity index is 947. The quantitative estimate of drug-likeness (QED) is 0.193. The van der Waals surface area contributed by atoms with Gasteiger partial charge in [-0.15, -0.1) is 0 Å². The van der Waals surface area contributed by atoms with Crippen LogP contribution in [0.4, 0.5) is 0 Å². The highest BCUT2D eigenvalue weighted by molar-refractivity contribution is 5.88. The molecule has 0 spiro atoms. The van der Waals surface area contributed by atoms with Gasteiger partial charge in [-0.3, -0.25) is 9.63 Å². The average Bonchev–Trinajstić information content (AvgIpc) is 2.75. The number of nitrogens with one attached hydrogen (secondary N) is 2. The molecule has 0 aliphatic rings. The third-order valence-electron chi connectivity index (χ3n) is 6.34. The maximum Gasteiger partial charge on any atom is 0.335 e. The van der Waals surface area contributed by atoms with Crippen LogP contribution in [0.5, 0.6) is 0 Å². The number of carbonyl (C=O) groups is 3. The number of aliphatic carboxylic acids is 1. The van der Waals surface area contributed by atoms with Gasteiger partial charge in [0.2, 0.25) is 5.91 Å². The summed E-state index contributed by atoms with van der Waals surface area (Å²) in [7, 11) is 3.43. The zero-order valence-electron chi connectivity index (χ0n) is 23.2. The lowest BCUT2D eigenvalue weighted by Gasteiger charge is -2.40. The molecule has 1 aromatic carbocycles. The number of hydrogen-bond donors (Lipinski definition) is 4. The molecule has 1 rings (SSSR count). The van der Waals surface area contributed by atoms with Crippen LogP contribution in [0.25, 0.3) is 0 Å². The molecule has 0 saturated heterocycles. The molecule has 9 nitrogen and oxygen atoms in total. The minimum absolute atomic E-state index is 0.0541. The Morgan fingerprint density at radius 2 is 1.56 bits per heavy atom. The Morgan fingerprint density at radius 3 is 1.94 bits per heavy atom. The number of carboxylic acids is 2. The van der Waals surface area contributed by atoms with Crippen molar-refractivity contribution >= 4 is 17.8 Å². The molecule has 0 saturated carbocycles. The number of hydrogen-bond acceptors (Lipinski definition) is 6. The maximum absolute atomic E-state index is 13.5. The number of aromatic carboxylic acids is 1. The van der Waals surface area contributed by atoms with Gasteiger partial charge in [-0.05, 0) is 37.6 Å². The van der Waals surface area contributed by atoms with Crippen molar-refractivity contribution in [3.05, 3.63) is 47.0 Å². The Hall–Kier alpha value is -2.75. The van der Waals surface area contributed by atoms with E-state index in [2.05, 4.69) is 10.6 Å². The predicted octanol–water partition coefficient (Wildman–Crippen LogP) is 3.66. The van der Waals surface area contributed by atoms with Crippen LogP contribution in [-0.2, 0) is 19.8 Å². The molecule has 0 aliphatic carbocycles. The first-order valence-electron chi connectivity index (χ1n) is 12.1. The van der Waals surface area contributed by atoms with Gasteiger partial charge in [0.05, 0.1) is 17.6 Å². The number of nitrogens with zero attached hydrogens (tertiary/aromatic N) is 1. The molecule has 0 aromatic heterocycles. The van der Waals surface area contributed by atoms with E-state index in [1.165, 1.54) is 19.1 Å². The average molecular weight is 506 g/mol. The highest BCUT2D eigenvalue weighted by Gasteiger charge is 2.39. The van der Waals surface area contributed by atoms with E-state index in [4.69, 9.17) is 4.84 Å². The van der Waals surface area contributed by atoms with E-state index in [1.807, 2.05) is 48.5 Å². The van der Waals surface area contributed by atoms with Gasteiger partial charge in [0.1, 0.15) is 0 Å². The highest BCUT2D eigenvalue weighted by Crippen LogP contribution is 2.29. The minimum Gasteiger partial charge on any atom is -0.478 e. The third kappa shape index (κ3) is 8.15. The second kappa shape index (κ2) is 12.5. The van der Waals surface area contributed by atoms with Crippen molar-refractivity contribution in [3.8, 4) is 0 Å². The van der Waals surface area contributed by atoms with Gasteiger partial charge in [-0.2, -0.15) is 5.06 Å². The summed E-state index contributed by atoms with van der Waals surface area (Å²) < 4.78 is 0. The van der Waals surface area contributed by atoms with E-state index in [9.17, 15) is 24.6 Å². The van der Waals surface area contributed by atoms with E-state index in [-0.39, 0.29) is 29.0 Å². The van der Waals surface area contributed by atoms with Crippen LogP contribution in [0.2, 0.25) is 0 Å². The van der Waals surface area contributed by atoms with Crippen LogP contribution < -0.4 is 10.6 Å². The number of carbonyl (C=O) groups excluding carboxylic acids is 1. The van der Waals surface area contributed by atoms with Gasteiger partial charge in [0.25, 0.3) is 0 Å². The largest absolute Gasteiger partial charge is 0.478 e. The number of amides is 1. The Kier molecular flexibility index (Phi) is 10.8. The van der Waals surface area contributed by atoms with Gasteiger partial charge in [-0.1, -0.05) is 66.7 Å². The first-order chi connectivity index (χ1) is 16.4. The zero-order chi connectivity index (χ0) is 28.0. The summed E-state index contributed by atoms with van der Waals surface area (Å²) in [4.78, 5) is 42.3. The number of benzene rings is 1. The number of hydroxylamine groups is 2. The minimum atomic E-state index is -1.01. The second-order valence-electron chi connectivity index (χ2n) is 11.1. The van der Waals surface area contributed by atoms with Crippen molar-refractivity contribution in [2.75, 3.05) is 14.1 Å². The van der Waals surface area contributed by atoms with Crippen molar-refractivity contribution in [1.29, 1.82) is 0 Å². The summed E-state index contributed by atoms with van der Waals surface area (Å²) in [6.07, 6.45) is 0.935. The maximum atomic E-state index is 13.5. The highest BCUT2D eigenvalue weighted by atomic mass is 16.7. The smallest absolute Gasteiger partial charge is 0.335 e. The Labute approximate surface area is 214 Å². The van der Waals surface area contributed by atoms with Gasteiger partial charge >= 0.3 is 11.9 Å². The predicted molar refractivity (Wildman–Crippen MR) is 140 cm³/mol. The summed E-state index contributed by atoms with van der Waals surface area (Å²) in [5.74, 6) is -2.23. The molecule has 3 atom stereocenters. The van der Waals surface area contributed by atoms with Crippen LogP contribution in [0.1, 0.15) is 71.3 Å².